The highest BCUT2D eigenvalue weighted by Crippen LogP contribution is 2.59. The van der Waals surface area contributed by atoms with Crippen LogP contribution in [0.5, 0.6) is 0 Å². The summed E-state index contributed by atoms with van der Waals surface area (Å²) in [6.45, 7) is 3.26. The molecule has 0 unspecified atom stereocenters. The van der Waals surface area contributed by atoms with E-state index >= 15 is 0 Å². The summed E-state index contributed by atoms with van der Waals surface area (Å²) in [6, 6.07) is 6.13. The largest absolute Gasteiger partial charge is 0.312 e. The van der Waals surface area contributed by atoms with Gasteiger partial charge in [-0.25, -0.2) is 9.34 Å². The minimum absolute atomic E-state index is 0.00291. The molecule has 2 saturated heterocycles. The number of nitro benzene ring substituents is 1. The topological polar surface area (TPSA) is 78.3 Å². The van der Waals surface area contributed by atoms with Crippen LogP contribution in [0.15, 0.2) is 24.3 Å². The van der Waals surface area contributed by atoms with Crippen molar-refractivity contribution < 1.29 is 9.49 Å². The standard InChI is InChI=1S/C10H13N4O3P/c15-14(16)10-3-1-2-9(8-10)11-18(17,12-4-5-12)13-6-7-13/h1-3,8H,4-7H2,(H,11,17). The van der Waals surface area contributed by atoms with Gasteiger partial charge in [-0.15, -0.1) is 0 Å². The molecule has 7 nitrogen and oxygen atoms in total. The minimum atomic E-state index is -2.72. The molecule has 0 aliphatic carbocycles. The molecule has 2 aliphatic rings. The van der Waals surface area contributed by atoms with E-state index in [9.17, 15) is 14.7 Å². The van der Waals surface area contributed by atoms with Crippen LogP contribution in [0.2, 0.25) is 0 Å². The summed E-state index contributed by atoms with van der Waals surface area (Å²) in [4.78, 5) is 10.2. The van der Waals surface area contributed by atoms with E-state index < -0.39 is 12.5 Å². The van der Waals surface area contributed by atoms with Crippen LogP contribution in [0.1, 0.15) is 0 Å². The summed E-state index contributed by atoms with van der Waals surface area (Å²) in [7, 11) is -2.72. The molecule has 3 rings (SSSR count). The number of hydrogen-bond donors (Lipinski definition) is 1. The zero-order chi connectivity index (χ0) is 12.8. The van der Waals surface area contributed by atoms with E-state index in [1.807, 2.05) is 9.34 Å². The third kappa shape index (κ3) is 2.12. The molecule has 1 aromatic carbocycles. The van der Waals surface area contributed by atoms with Crippen molar-refractivity contribution in [2.45, 2.75) is 0 Å². The molecule has 0 atom stereocenters. The molecule has 1 aromatic rings. The second-order valence-electron chi connectivity index (χ2n) is 4.37. The Balaban J connectivity index is 1.84. The molecule has 96 valence electrons. The third-order valence-corrected chi connectivity index (χ3v) is 5.83. The fourth-order valence-corrected chi connectivity index (χ4v) is 4.19. The summed E-state index contributed by atoms with van der Waals surface area (Å²) < 4.78 is 16.5. The number of hydrogen-bond acceptors (Lipinski definition) is 3. The molecule has 0 saturated carbocycles. The lowest BCUT2D eigenvalue weighted by Gasteiger charge is -2.21. The molecular formula is C10H13N4O3P. The molecule has 0 aromatic heterocycles. The quantitative estimate of drug-likeness (QED) is 0.379. The van der Waals surface area contributed by atoms with Gasteiger partial charge in [0.15, 0.2) is 0 Å². The predicted molar refractivity (Wildman–Crippen MR) is 67.5 cm³/mol. The average Bonchev–Trinajstić information content (AvgIpc) is 3.19. The summed E-state index contributed by atoms with van der Waals surface area (Å²) in [5, 5.41) is 13.7. The predicted octanol–water partition coefficient (Wildman–Crippen LogP) is 1.75. The molecule has 1 N–H and O–H groups in total. The van der Waals surface area contributed by atoms with Crippen molar-refractivity contribution in [1.82, 2.24) is 9.34 Å². The SMILES string of the molecule is O=[N+]([O-])c1cccc(NP(=O)(N2CC2)N2CC2)c1. The summed E-state index contributed by atoms with van der Waals surface area (Å²) in [6.07, 6.45) is 0. The lowest BCUT2D eigenvalue weighted by Crippen LogP contribution is -2.12. The van der Waals surface area contributed by atoms with E-state index in [1.54, 1.807) is 12.1 Å². The second-order valence-corrected chi connectivity index (χ2v) is 6.81. The molecule has 0 amide bonds. The van der Waals surface area contributed by atoms with E-state index in [1.165, 1.54) is 12.1 Å². The minimum Gasteiger partial charge on any atom is -0.312 e. The first-order chi connectivity index (χ1) is 8.59. The van der Waals surface area contributed by atoms with Gasteiger partial charge in [0, 0.05) is 44.0 Å². The van der Waals surface area contributed by atoms with Gasteiger partial charge in [0.25, 0.3) is 5.69 Å². The normalized spacial score (nSPS) is 19.6. The van der Waals surface area contributed by atoms with Gasteiger partial charge in [0.1, 0.15) is 0 Å². The first kappa shape index (κ1) is 11.6. The maximum atomic E-state index is 12.8. The van der Waals surface area contributed by atoms with Gasteiger partial charge in [-0.1, -0.05) is 6.07 Å². The van der Waals surface area contributed by atoms with Crippen molar-refractivity contribution in [1.29, 1.82) is 0 Å². The van der Waals surface area contributed by atoms with Gasteiger partial charge in [0.05, 0.1) is 4.92 Å². The number of anilines is 1. The first-order valence-electron chi connectivity index (χ1n) is 5.73. The van der Waals surface area contributed by atoms with Crippen LogP contribution in [0, 0.1) is 10.1 Å². The molecule has 2 heterocycles. The van der Waals surface area contributed by atoms with Gasteiger partial charge in [0.2, 0.25) is 0 Å². The van der Waals surface area contributed by atoms with Crippen molar-refractivity contribution in [2.24, 2.45) is 0 Å². The zero-order valence-corrected chi connectivity index (χ0v) is 10.5. The summed E-state index contributed by atoms with van der Waals surface area (Å²) >= 11 is 0. The Bertz CT molecular complexity index is 526. The Morgan fingerprint density at radius 1 is 1.22 bits per heavy atom. The van der Waals surface area contributed by atoms with Crippen LogP contribution in [-0.2, 0) is 4.57 Å². The highest BCUT2D eigenvalue weighted by atomic mass is 31.2. The summed E-state index contributed by atoms with van der Waals surface area (Å²) in [5.74, 6) is 0. The highest BCUT2D eigenvalue weighted by Gasteiger charge is 2.48. The first-order valence-corrected chi connectivity index (χ1v) is 7.34. The molecule has 0 spiro atoms. The van der Waals surface area contributed by atoms with Crippen LogP contribution in [0.25, 0.3) is 0 Å². The average molecular weight is 268 g/mol. The molecule has 0 radical (unpaired) electrons. The molecule has 2 aliphatic heterocycles. The summed E-state index contributed by atoms with van der Waals surface area (Å²) in [5.41, 5.74) is 0.537. The second kappa shape index (κ2) is 4.05. The van der Waals surface area contributed by atoms with Gasteiger partial charge < -0.3 is 5.09 Å². The lowest BCUT2D eigenvalue weighted by atomic mass is 10.3. The molecule has 18 heavy (non-hydrogen) atoms. The van der Waals surface area contributed by atoms with E-state index in [-0.39, 0.29) is 5.69 Å². The lowest BCUT2D eigenvalue weighted by molar-refractivity contribution is -0.384. The molecule has 2 fully saturated rings. The number of rotatable bonds is 5. The van der Waals surface area contributed by atoms with E-state index in [4.69, 9.17) is 0 Å². The Hall–Kier alpha value is -1.43. The van der Waals surface area contributed by atoms with Crippen LogP contribution in [-0.4, -0.2) is 40.4 Å². The Morgan fingerprint density at radius 2 is 1.83 bits per heavy atom. The van der Waals surface area contributed by atoms with Crippen LogP contribution >= 0.6 is 7.59 Å². The van der Waals surface area contributed by atoms with Crippen molar-refractivity contribution in [3.63, 3.8) is 0 Å². The van der Waals surface area contributed by atoms with E-state index in [0.29, 0.717) is 5.69 Å². The number of nitrogens with one attached hydrogen (secondary N) is 1. The Kier molecular flexibility index (Phi) is 2.62. The van der Waals surface area contributed by atoms with Crippen LogP contribution < -0.4 is 5.09 Å². The molecule has 8 heteroatoms. The number of benzene rings is 1. The Morgan fingerprint density at radius 3 is 2.33 bits per heavy atom. The monoisotopic (exact) mass is 268 g/mol. The number of nitro groups is 1. The number of non-ortho nitro benzene ring substituents is 1. The third-order valence-electron chi connectivity index (χ3n) is 2.95. The van der Waals surface area contributed by atoms with E-state index in [0.717, 1.165) is 26.2 Å². The fourth-order valence-electron chi connectivity index (χ4n) is 1.81. The van der Waals surface area contributed by atoms with Gasteiger partial charge in [-0.2, -0.15) is 0 Å². The van der Waals surface area contributed by atoms with Crippen molar-refractivity contribution in [3.05, 3.63) is 34.4 Å². The van der Waals surface area contributed by atoms with Crippen molar-refractivity contribution >= 4 is 19.0 Å². The molecular weight excluding hydrogens is 255 g/mol. The number of nitrogens with zero attached hydrogens (tertiary/aromatic N) is 3. The maximum Gasteiger partial charge on any atom is 0.308 e. The van der Waals surface area contributed by atoms with Crippen molar-refractivity contribution in [2.75, 3.05) is 31.3 Å². The zero-order valence-electron chi connectivity index (χ0n) is 9.65. The van der Waals surface area contributed by atoms with Crippen molar-refractivity contribution in [3.8, 4) is 0 Å². The van der Waals surface area contributed by atoms with Gasteiger partial charge >= 0.3 is 7.59 Å². The fraction of sp³-hybridized carbons (Fsp3) is 0.400. The highest BCUT2D eigenvalue weighted by molar-refractivity contribution is 7.61. The van der Waals surface area contributed by atoms with Gasteiger partial charge in [-0.3, -0.25) is 14.7 Å². The molecule has 0 bridgehead atoms. The Labute approximate surface area is 104 Å². The van der Waals surface area contributed by atoms with Gasteiger partial charge in [-0.05, 0) is 6.07 Å². The van der Waals surface area contributed by atoms with E-state index in [2.05, 4.69) is 5.09 Å². The maximum absolute atomic E-state index is 12.8. The van der Waals surface area contributed by atoms with Crippen LogP contribution in [0.3, 0.4) is 0 Å². The van der Waals surface area contributed by atoms with Crippen LogP contribution in [0.4, 0.5) is 11.4 Å². The smallest absolute Gasteiger partial charge is 0.308 e.